The van der Waals surface area contributed by atoms with Crippen LogP contribution in [0.4, 0.5) is 0 Å². The van der Waals surface area contributed by atoms with E-state index in [1.54, 1.807) is 44.6 Å². The Labute approximate surface area is 166 Å². The van der Waals surface area contributed by atoms with Crippen molar-refractivity contribution in [3.8, 4) is 23.0 Å². The SMILES string of the molecule is CCOc1c(Br)cc(/C=N/NC(=O)COc2cccc(OC)c2)cc1OC. The number of carbonyl (C=O) groups is 1. The monoisotopic (exact) mass is 436 g/mol. The van der Waals surface area contributed by atoms with Gasteiger partial charge in [-0.1, -0.05) is 6.07 Å². The van der Waals surface area contributed by atoms with Gasteiger partial charge in [0.25, 0.3) is 5.91 Å². The van der Waals surface area contributed by atoms with Crippen LogP contribution in [0.2, 0.25) is 0 Å². The zero-order chi connectivity index (χ0) is 19.6. The van der Waals surface area contributed by atoms with Crippen LogP contribution < -0.4 is 24.4 Å². The highest BCUT2D eigenvalue weighted by Gasteiger charge is 2.10. The molecule has 2 rings (SSSR count). The summed E-state index contributed by atoms with van der Waals surface area (Å²) in [6, 6.07) is 10.6. The number of methoxy groups -OCH3 is 2. The second kappa shape index (κ2) is 10.4. The average Bonchev–Trinajstić information content (AvgIpc) is 2.68. The smallest absolute Gasteiger partial charge is 0.277 e. The quantitative estimate of drug-likeness (QED) is 0.481. The molecule has 8 heteroatoms. The van der Waals surface area contributed by atoms with Crippen molar-refractivity contribution < 1.29 is 23.7 Å². The summed E-state index contributed by atoms with van der Waals surface area (Å²) in [5.74, 6) is 1.99. The van der Waals surface area contributed by atoms with Gasteiger partial charge in [0.1, 0.15) is 11.5 Å². The number of nitrogens with zero attached hydrogens (tertiary/aromatic N) is 1. The Hall–Kier alpha value is -2.74. The molecule has 0 fully saturated rings. The van der Waals surface area contributed by atoms with Crippen molar-refractivity contribution in [1.82, 2.24) is 5.43 Å². The summed E-state index contributed by atoms with van der Waals surface area (Å²) in [6.45, 7) is 2.25. The number of hydrogen-bond donors (Lipinski definition) is 1. The van der Waals surface area contributed by atoms with E-state index < -0.39 is 0 Å². The summed E-state index contributed by atoms with van der Waals surface area (Å²) in [6.07, 6.45) is 1.51. The number of halogens is 1. The van der Waals surface area contributed by atoms with Crippen molar-refractivity contribution in [2.24, 2.45) is 5.10 Å². The fourth-order valence-electron chi connectivity index (χ4n) is 2.15. The van der Waals surface area contributed by atoms with Crippen LogP contribution in [0.1, 0.15) is 12.5 Å². The highest BCUT2D eigenvalue weighted by molar-refractivity contribution is 9.10. The Bertz CT molecular complexity index is 811. The van der Waals surface area contributed by atoms with Crippen molar-refractivity contribution in [3.05, 3.63) is 46.4 Å². The van der Waals surface area contributed by atoms with Crippen LogP contribution in [0.3, 0.4) is 0 Å². The van der Waals surface area contributed by atoms with Crippen molar-refractivity contribution in [2.75, 3.05) is 27.4 Å². The first-order chi connectivity index (χ1) is 13.1. The average molecular weight is 437 g/mol. The highest BCUT2D eigenvalue weighted by atomic mass is 79.9. The molecule has 27 heavy (non-hydrogen) atoms. The van der Waals surface area contributed by atoms with Gasteiger partial charge >= 0.3 is 0 Å². The molecule has 0 unspecified atom stereocenters. The maximum atomic E-state index is 11.9. The van der Waals surface area contributed by atoms with Crippen molar-refractivity contribution in [1.29, 1.82) is 0 Å². The second-order valence-electron chi connectivity index (χ2n) is 5.23. The van der Waals surface area contributed by atoms with E-state index >= 15 is 0 Å². The molecule has 0 spiro atoms. The molecule has 0 aliphatic rings. The molecular formula is C19H21BrN2O5. The van der Waals surface area contributed by atoms with Gasteiger partial charge in [0.15, 0.2) is 18.1 Å². The number of benzene rings is 2. The number of ether oxygens (including phenoxy) is 4. The summed E-state index contributed by atoms with van der Waals surface area (Å²) in [5, 5.41) is 3.93. The molecule has 0 bridgehead atoms. The van der Waals surface area contributed by atoms with E-state index in [-0.39, 0.29) is 12.5 Å². The third-order valence-corrected chi connectivity index (χ3v) is 3.94. The number of nitrogens with one attached hydrogen (secondary N) is 1. The molecule has 0 saturated heterocycles. The van der Waals surface area contributed by atoms with Crippen molar-refractivity contribution in [2.45, 2.75) is 6.92 Å². The minimum Gasteiger partial charge on any atom is -0.497 e. The predicted octanol–water partition coefficient (Wildman–Crippen LogP) is 3.39. The van der Waals surface area contributed by atoms with Gasteiger partial charge in [0.2, 0.25) is 0 Å². The standard InChI is InChI=1S/C19H21BrN2O5/c1-4-26-19-16(20)8-13(9-17(19)25-3)11-21-22-18(23)12-27-15-7-5-6-14(10-15)24-2/h5-11H,4,12H2,1-3H3,(H,22,23)/b21-11+. The minimum absolute atomic E-state index is 0.166. The van der Waals surface area contributed by atoms with Crippen LogP contribution in [0.25, 0.3) is 0 Å². The first kappa shape index (κ1) is 20.6. The first-order valence-corrected chi connectivity index (χ1v) is 8.95. The normalized spacial score (nSPS) is 10.5. The van der Waals surface area contributed by atoms with E-state index in [0.29, 0.717) is 29.6 Å². The number of rotatable bonds is 9. The lowest BCUT2D eigenvalue weighted by Gasteiger charge is -2.12. The summed E-state index contributed by atoms with van der Waals surface area (Å²) in [5.41, 5.74) is 3.15. The Kier molecular flexibility index (Phi) is 7.94. The molecule has 0 atom stereocenters. The minimum atomic E-state index is -0.383. The molecule has 144 valence electrons. The van der Waals surface area contributed by atoms with E-state index in [1.807, 2.05) is 13.0 Å². The van der Waals surface area contributed by atoms with Crippen molar-refractivity contribution >= 4 is 28.1 Å². The van der Waals surface area contributed by atoms with Crippen LogP contribution >= 0.6 is 15.9 Å². The number of hydrazone groups is 1. The summed E-state index contributed by atoms with van der Waals surface area (Å²) < 4.78 is 22.1. The molecule has 0 radical (unpaired) electrons. The maximum Gasteiger partial charge on any atom is 0.277 e. The van der Waals surface area contributed by atoms with E-state index in [9.17, 15) is 4.79 Å². The zero-order valence-corrected chi connectivity index (χ0v) is 16.9. The van der Waals surface area contributed by atoms with Gasteiger partial charge in [0.05, 0.1) is 31.5 Å². The third-order valence-electron chi connectivity index (χ3n) is 3.35. The molecule has 2 aromatic rings. The lowest BCUT2D eigenvalue weighted by atomic mass is 10.2. The predicted molar refractivity (Wildman–Crippen MR) is 106 cm³/mol. The molecule has 0 saturated carbocycles. The van der Waals surface area contributed by atoms with Gasteiger partial charge in [-0.25, -0.2) is 5.43 Å². The largest absolute Gasteiger partial charge is 0.497 e. The summed E-state index contributed by atoms with van der Waals surface area (Å²) in [7, 11) is 3.12. The Morgan fingerprint density at radius 1 is 1.15 bits per heavy atom. The topological polar surface area (TPSA) is 78.4 Å². The van der Waals surface area contributed by atoms with Crippen LogP contribution in [0, 0.1) is 0 Å². The number of amides is 1. The first-order valence-electron chi connectivity index (χ1n) is 8.16. The fraction of sp³-hybridized carbons (Fsp3) is 0.263. The molecule has 0 aliphatic carbocycles. The van der Waals surface area contributed by atoms with Gasteiger partial charge in [-0.05, 0) is 52.7 Å². The van der Waals surface area contributed by atoms with Gasteiger partial charge in [-0.2, -0.15) is 5.10 Å². The highest BCUT2D eigenvalue weighted by Crippen LogP contribution is 2.36. The van der Waals surface area contributed by atoms with Gasteiger partial charge in [-0.3, -0.25) is 4.79 Å². The van der Waals surface area contributed by atoms with E-state index in [0.717, 1.165) is 10.0 Å². The number of carbonyl (C=O) groups excluding carboxylic acids is 1. The van der Waals surface area contributed by atoms with E-state index in [2.05, 4.69) is 26.5 Å². The van der Waals surface area contributed by atoms with Gasteiger partial charge in [0, 0.05) is 6.07 Å². The third kappa shape index (κ3) is 6.18. The molecule has 0 aromatic heterocycles. The van der Waals surface area contributed by atoms with Crippen molar-refractivity contribution in [3.63, 3.8) is 0 Å². The lowest BCUT2D eigenvalue weighted by Crippen LogP contribution is -2.24. The molecule has 2 aromatic carbocycles. The van der Waals surface area contributed by atoms with Gasteiger partial charge in [-0.15, -0.1) is 0 Å². The summed E-state index contributed by atoms with van der Waals surface area (Å²) in [4.78, 5) is 11.9. The fourth-order valence-corrected chi connectivity index (χ4v) is 2.72. The molecule has 1 amide bonds. The second-order valence-corrected chi connectivity index (χ2v) is 6.08. The van der Waals surface area contributed by atoms with Crippen LogP contribution in [-0.4, -0.2) is 39.6 Å². The van der Waals surface area contributed by atoms with Crippen LogP contribution in [-0.2, 0) is 4.79 Å². The van der Waals surface area contributed by atoms with Crippen LogP contribution in [0.15, 0.2) is 46.0 Å². The molecule has 7 nitrogen and oxygen atoms in total. The Balaban J connectivity index is 1.92. The number of hydrogen-bond acceptors (Lipinski definition) is 6. The zero-order valence-electron chi connectivity index (χ0n) is 15.3. The molecule has 0 heterocycles. The van der Waals surface area contributed by atoms with Gasteiger partial charge < -0.3 is 18.9 Å². The Morgan fingerprint density at radius 3 is 2.63 bits per heavy atom. The van der Waals surface area contributed by atoms with Crippen LogP contribution in [0.5, 0.6) is 23.0 Å². The molecule has 1 N–H and O–H groups in total. The molecular weight excluding hydrogens is 416 g/mol. The van der Waals surface area contributed by atoms with E-state index in [4.69, 9.17) is 18.9 Å². The summed E-state index contributed by atoms with van der Waals surface area (Å²) >= 11 is 3.44. The Morgan fingerprint density at radius 2 is 1.93 bits per heavy atom. The molecule has 0 aliphatic heterocycles. The maximum absolute atomic E-state index is 11.9. The van der Waals surface area contributed by atoms with E-state index in [1.165, 1.54) is 6.21 Å². The lowest BCUT2D eigenvalue weighted by molar-refractivity contribution is -0.123.